The van der Waals surface area contributed by atoms with Crippen LogP contribution in [0.15, 0.2) is 35.8 Å². The SMILES string of the molecule is CCOC(=O)C1(NCCc2ccc3c(c2)OCO3)CCN(c2ncc3ccsc3n2)C(Cl)C1. The van der Waals surface area contributed by atoms with Crippen molar-refractivity contribution >= 4 is 45.1 Å². The highest BCUT2D eigenvalue weighted by Gasteiger charge is 2.46. The third-order valence-electron chi connectivity index (χ3n) is 6.07. The second-order valence-corrected chi connectivity index (χ2v) is 9.50. The summed E-state index contributed by atoms with van der Waals surface area (Å²) in [4.78, 5) is 25.0. The van der Waals surface area contributed by atoms with Gasteiger partial charge >= 0.3 is 5.97 Å². The Morgan fingerprint density at radius 3 is 3.09 bits per heavy atom. The van der Waals surface area contributed by atoms with E-state index in [0.29, 0.717) is 38.5 Å². The van der Waals surface area contributed by atoms with Crippen LogP contribution in [0.25, 0.3) is 10.2 Å². The summed E-state index contributed by atoms with van der Waals surface area (Å²) in [6.45, 7) is 3.52. The fraction of sp³-hybridized carbons (Fsp3) is 0.435. The molecule has 0 radical (unpaired) electrons. The lowest BCUT2D eigenvalue weighted by atomic mass is 9.87. The fourth-order valence-electron chi connectivity index (χ4n) is 4.29. The van der Waals surface area contributed by atoms with Gasteiger partial charge < -0.3 is 24.4 Å². The Bertz CT molecular complexity index is 1160. The van der Waals surface area contributed by atoms with Crippen molar-refractivity contribution in [3.63, 3.8) is 0 Å². The average molecular weight is 489 g/mol. The second-order valence-electron chi connectivity index (χ2n) is 8.10. The number of ether oxygens (including phenoxy) is 3. The van der Waals surface area contributed by atoms with Gasteiger partial charge in [0.15, 0.2) is 11.5 Å². The van der Waals surface area contributed by atoms with E-state index in [9.17, 15) is 4.79 Å². The topological polar surface area (TPSA) is 85.8 Å². The number of nitrogens with zero attached hydrogens (tertiary/aromatic N) is 3. The van der Waals surface area contributed by atoms with Crippen LogP contribution in [-0.2, 0) is 16.0 Å². The number of benzene rings is 1. The predicted octanol–water partition coefficient (Wildman–Crippen LogP) is 3.72. The quantitative estimate of drug-likeness (QED) is 0.306. The van der Waals surface area contributed by atoms with Gasteiger partial charge in [0.05, 0.1) is 6.61 Å². The Morgan fingerprint density at radius 1 is 1.36 bits per heavy atom. The van der Waals surface area contributed by atoms with Crippen LogP contribution in [-0.4, -0.2) is 53.5 Å². The molecule has 1 N–H and O–H groups in total. The van der Waals surface area contributed by atoms with Gasteiger partial charge in [-0.3, -0.25) is 4.79 Å². The first-order valence-corrected chi connectivity index (χ1v) is 12.3. The lowest BCUT2D eigenvalue weighted by molar-refractivity contribution is -0.152. The number of carbonyl (C=O) groups is 1. The van der Waals surface area contributed by atoms with Gasteiger partial charge in [-0.2, -0.15) is 0 Å². The van der Waals surface area contributed by atoms with Gasteiger partial charge in [0.25, 0.3) is 0 Å². The summed E-state index contributed by atoms with van der Waals surface area (Å²) in [6, 6.07) is 7.90. The molecule has 1 aromatic carbocycles. The zero-order valence-corrected chi connectivity index (χ0v) is 19.8. The van der Waals surface area contributed by atoms with E-state index in [-0.39, 0.29) is 12.8 Å². The van der Waals surface area contributed by atoms with Crippen LogP contribution < -0.4 is 19.7 Å². The maximum Gasteiger partial charge on any atom is 0.326 e. The smallest absolute Gasteiger partial charge is 0.326 e. The Hall–Kier alpha value is -2.62. The number of thiophene rings is 1. The number of fused-ring (bicyclic) bond motifs is 2. The van der Waals surface area contributed by atoms with Crippen molar-refractivity contribution in [2.45, 2.75) is 37.2 Å². The highest BCUT2D eigenvalue weighted by molar-refractivity contribution is 7.16. The molecule has 0 spiro atoms. The molecular formula is C23H25ClN4O4S. The molecule has 5 rings (SSSR count). The molecule has 3 aromatic rings. The van der Waals surface area contributed by atoms with Crippen molar-refractivity contribution < 1.29 is 19.0 Å². The van der Waals surface area contributed by atoms with Gasteiger partial charge in [-0.25, -0.2) is 9.97 Å². The molecule has 0 amide bonds. The fourth-order valence-corrected chi connectivity index (χ4v) is 5.48. The Morgan fingerprint density at radius 2 is 2.24 bits per heavy atom. The summed E-state index contributed by atoms with van der Waals surface area (Å²) in [5, 5.41) is 6.47. The molecule has 2 atom stereocenters. The average Bonchev–Trinajstić information content (AvgIpc) is 3.48. The minimum Gasteiger partial charge on any atom is -0.465 e. The summed E-state index contributed by atoms with van der Waals surface area (Å²) < 4.78 is 16.3. The summed E-state index contributed by atoms with van der Waals surface area (Å²) in [6.07, 6.45) is 3.48. The number of carbonyl (C=O) groups excluding carboxylic acids is 1. The highest BCUT2D eigenvalue weighted by Crippen LogP contribution is 2.34. The number of aromatic nitrogens is 2. The number of alkyl halides is 1. The minimum absolute atomic E-state index is 0.250. The summed E-state index contributed by atoms with van der Waals surface area (Å²) >= 11 is 8.37. The van der Waals surface area contributed by atoms with Gasteiger partial charge in [-0.05, 0) is 48.9 Å². The normalized spacial score (nSPS) is 22.0. The second kappa shape index (κ2) is 9.32. The largest absolute Gasteiger partial charge is 0.465 e. The molecule has 33 heavy (non-hydrogen) atoms. The molecule has 10 heteroatoms. The molecule has 2 aliphatic rings. The molecule has 2 aromatic heterocycles. The Kier molecular flexibility index (Phi) is 6.27. The third-order valence-corrected chi connectivity index (χ3v) is 7.28. The molecule has 174 valence electrons. The van der Waals surface area contributed by atoms with Crippen LogP contribution in [0.4, 0.5) is 5.95 Å². The van der Waals surface area contributed by atoms with Crippen molar-refractivity contribution in [3.8, 4) is 11.5 Å². The van der Waals surface area contributed by atoms with E-state index in [1.54, 1.807) is 11.3 Å². The number of esters is 1. The minimum atomic E-state index is -0.859. The van der Waals surface area contributed by atoms with Crippen molar-refractivity contribution in [1.29, 1.82) is 0 Å². The highest BCUT2D eigenvalue weighted by atomic mass is 35.5. The number of hydrogen-bond acceptors (Lipinski definition) is 9. The van der Waals surface area contributed by atoms with E-state index in [1.165, 1.54) is 0 Å². The molecular weight excluding hydrogens is 464 g/mol. The molecule has 2 aliphatic heterocycles. The number of anilines is 1. The van der Waals surface area contributed by atoms with Crippen LogP contribution in [0.5, 0.6) is 11.5 Å². The lowest BCUT2D eigenvalue weighted by Gasteiger charge is -2.43. The van der Waals surface area contributed by atoms with E-state index in [0.717, 1.165) is 33.7 Å². The first-order chi connectivity index (χ1) is 16.1. The van der Waals surface area contributed by atoms with E-state index in [2.05, 4.69) is 15.3 Å². The zero-order valence-electron chi connectivity index (χ0n) is 18.3. The van der Waals surface area contributed by atoms with Crippen LogP contribution in [0, 0.1) is 0 Å². The van der Waals surface area contributed by atoms with Crippen molar-refractivity contribution in [1.82, 2.24) is 15.3 Å². The molecule has 0 bridgehead atoms. The predicted molar refractivity (Wildman–Crippen MR) is 127 cm³/mol. The molecule has 8 nitrogen and oxygen atoms in total. The van der Waals surface area contributed by atoms with Crippen molar-refractivity contribution in [2.75, 3.05) is 31.4 Å². The van der Waals surface area contributed by atoms with Gasteiger partial charge in [0.2, 0.25) is 12.7 Å². The Balaban J connectivity index is 1.28. The molecule has 0 saturated carbocycles. The monoisotopic (exact) mass is 488 g/mol. The Labute approximate surface area is 200 Å². The van der Waals surface area contributed by atoms with Gasteiger partial charge in [-0.1, -0.05) is 17.7 Å². The maximum absolute atomic E-state index is 13.0. The maximum atomic E-state index is 13.0. The molecule has 2 unspecified atom stereocenters. The van der Waals surface area contributed by atoms with E-state index < -0.39 is 11.0 Å². The van der Waals surface area contributed by atoms with Crippen LogP contribution in [0.2, 0.25) is 0 Å². The van der Waals surface area contributed by atoms with Crippen LogP contribution in [0.3, 0.4) is 0 Å². The zero-order chi connectivity index (χ0) is 22.8. The molecule has 1 saturated heterocycles. The van der Waals surface area contributed by atoms with Crippen LogP contribution in [0.1, 0.15) is 25.3 Å². The number of rotatable bonds is 7. The van der Waals surface area contributed by atoms with Gasteiger partial charge in [-0.15, -0.1) is 11.3 Å². The number of halogens is 1. The van der Waals surface area contributed by atoms with Gasteiger partial charge in [0, 0.05) is 31.1 Å². The number of nitrogens with one attached hydrogen (secondary N) is 1. The van der Waals surface area contributed by atoms with Crippen LogP contribution >= 0.6 is 22.9 Å². The van der Waals surface area contributed by atoms with E-state index in [4.69, 9.17) is 25.8 Å². The third kappa shape index (κ3) is 4.45. The summed E-state index contributed by atoms with van der Waals surface area (Å²) in [5.41, 5.74) is -0.204. The van der Waals surface area contributed by atoms with E-state index in [1.807, 2.05) is 47.7 Å². The lowest BCUT2D eigenvalue weighted by Crippen LogP contribution is -2.61. The number of piperidine rings is 1. The van der Waals surface area contributed by atoms with Gasteiger partial charge in [0.1, 0.15) is 15.9 Å². The van der Waals surface area contributed by atoms with Crippen molar-refractivity contribution in [2.24, 2.45) is 0 Å². The first-order valence-electron chi connectivity index (χ1n) is 11.0. The first kappa shape index (κ1) is 22.2. The molecule has 4 heterocycles. The van der Waals surface area contributed by atoms with Crippen molar-refractivity contribution in [3.05, 3.63) is 41.4 Å². The van der Waals surface area contributed by atoms with E-state index >= 15 is 0 Å². The standard InChI is InChI=1S/C23H25ClN4O4S/c1-2-30-21(29)23(26-8-5-15-3-4-17-18(11-15)32-14-31-17)7-9-28(19(24)12-23)22-25-13-16-6-10-33-20(16)27-22/h3-4,6,10-11,13,19,26H,2,5,7-9,12,14H2,1H3. The summed E-state index contributed by atoms with van der Waals surface area (Å²) in [7, 11) is 0. The number of hydrogen-bond donors (Lipinski definition) is 1. The summed E-state index contributed by atoms with van der Waals surface area (Å²) in [5.74, 6) is 1.83. The molecule has 1 fully saturated rings. The molecule has 0 aliphatic carbocycles.